The molecule has 1 amide bonds. The molecule has 0 fully saturated rings. The zero-order valence-corrected chi connectivity index (χ0v) is 13.2. The predicted molar refractivity (Wildman–Crippen MR) is 89.6 cm³/mol. The summed E-state index contributed by atoms with van der Waals surface area (Å²) in [5, 5.41) is 12.0. The van der Waals surface area contributed by atoms with Gasteiger partial charge < -0.3 is 10.4 Å². The van der Waals surface area contributed by atoms with Crippen LogP contribution in [0.1, 0.15) is 34.0 Å². The average Bonchev–Trinajstić information content (AvgIpc) is 2.56. The highest BCUT2D eigenvalue weighted by Crippen LogP contribution is 2.09. The minimum absolute atomic E-state index is 0.0806. The number of hydrogen-bond acceptors (Lipinski definition) is 2. The van der Waals surface area contributed by atoms with E-state index in [1.54, 1.807) is 18.2 Å². The summed E-state index contributed by atoms with van der Waals surface area (Å²) in [7, 11) is 0. The number of carboxylic acids is 1. The highest BCUT2D eigenvalue weighted by Gasteiger charge is 2.12. The number of carbonyl (C=O) groups is 2. The summed E-state index contributed by atoms with van der Waals surface area (Å²) in [6.45, 7) is 2.66. The van der Waals surface area contributed by atoms with E-state index in [0.29, 0.717) is 12.1 Å². The van der Waals surface area contributed by atoms with E-state index in [4.69, 9.17) is 5.11 Å². The average molecular weight is 311 g/mol. The number of hydrogen-bond donors (Lipinski definition) is 2. The lowest BCUT2D eigenvalue weighted by Gasteiger charge is -2.08. The molecule has 0 atom stereocenters. The van der Waals surface area contributed by atoms with Crippen LogP contribution in [0.3, 0.4) is 0 Å². The van der Waals surface area contributed by atoms with Gasteiger partial charge in [0.2, 0.25) is 5.91 Å². The molecule has 0 heterocycles. The molecule has 2 rings (SSSR count). The lowest BCUT2D eigenvalue weighted by Crippen LogP contribution is -2.27. The van der Waals surface area contributed by atoms with Gasteiger partial charge in [0.25, 0.3) is 0 Å². The first kappa shape index (κ1) is 16.7. The van der Waals surface area contributed by atoms with E-state index in [1.807, 2.05) is 0 Å². The molecule has 0 bridgehead atoms. The molecule has 2 aromatic rings. The van der Waals surface area contributed by atoms with Crippen molar-refractivity contribution in [3.8, 4) is 0 Å². The summed E-state index contributed by atoms with van der Waals surface area (Å²) in [5.74, 6) is -1.17. The Bertz CT molecular complexity index is 677. The second-order valence-corrected chi connectivity index (χ2v) is 5.41. The van der Waals surface area contributed by atoms with E-state index in [9.17, 15) is 9.59 Å². The number of carboxylic acid groups (broad SMARTS) is 1. The number of rotatable bonds is 7. The van der Waals surface area contributed by atoms with Gasteiger partial charge in [-0.2, -0.15) is 0 Å². The van der Waals surface area contributed by atoms with Crippen molar-refractivity contribution in [3.63, 3.8) is 0 Å². The van der Waals surface area contributed by atoms with E-state index in [0.717, 1.165) is 12.8 Å². The summed E-state index contributed by atoms with van der Waals surface area (Å²) >= 11 is 0. The van der Waals surface area contributed by atoms with Crippen LogP contribution in [0, 0.1) is 0 Å². The third-order valence-electron chi connectivity index (χ3n) is 3.77. The molecule has 0 aliphatic carbocycles. The molecule has 0 saturated carbocycles. The smallest absolute Gasteiger partial charge is 0.335 e. The molecule has 120 valence electrons. The maximum absolute atomic E-state index is 12.0. The van der Waals surface area contributed by atoms with Crippen molar-refractivity contribution in [2.75, 3.05) is 6.54 Å². The van der Waals surface area contributed by atoms with Crippen LogP contribution >= 0.6 is 0 Å². The fraction of sp³-hybridized carbons (Fsp3) is 0.263. The van der Waals surface area contributed by atoms with Crippen LogP contribution in [0.5, 0.6) is 0 Å². The molecule has 0 unspecified atom stereocenters. The molecule has 2 N–H and O–H groups in total. The summed E-state index contributed by atoms with van der Waals surface area (Å²) in [4.78, 5) is 23.1. The van der Waals surface area contributed by atoms with Gasteiger partial charge in [-0.25, -0.2) is 4.79 Å². The van der Waals surface area contributed by atoms with Crippen molar-refractivity contribution in [2.45, 2.75) is 26.2 Å². The third kappa shape index (κ3) is 4.95. The number of carbonyl (C=O) groups excluding carboxylic acids is 1. The largest absolute Gasteiger partial charge is 0.478 e. The monoisotopic (exact) mass is 311 g/mol. The van der Waals surface area contributed by atoms with Gasteiger partial charge in [0.05, 0.1) is 12.0 Å². The number of aryl methyl sites for hydroxylation is 1. The molecule has 0 radical (unpaired) electrons. The second kappa shape index (κ2) is 8.13. The summed E-state index contributed by atoms with van der Waals surface area (Å²) in [6.07, 6.45) is 1.85. The van der Waals surface area contributed by atoms with Crippen molar-refractivity contribution in [1.82, 2.24) is 5.32 Å². The zero-order valence-electron chi connectivity index (χ0n) is 13.2. The van der Waals surface area contributed by atoms with Gasteiger partial charge in [-0.15, -0.1) is 0 Å². The van der Waals surface area contributed by atoms with Gasteiger partial charge in [0.1, 0.15) is 0 Å². The molecular weight excluding hydrogens is 290 g/mol. The van der Waals surface area contributed by atoms with Crippen molar-refractivity contribution in [3.05, 3.63) is 70.8 Å². The lowest BCUT2D eigenvalue weighted by atomic mass is 10.0. The maximum Gasteiger partial charge on any atom is 0.335 e. The van der Waals surface area contributed by atoms with Gasteiger partial charge in [-0.1, -0.05) is 49.4 Å². The van der Waals surface area contributed by atoms with Crippen molar-refractivity contribution in [2.24, 2.45) is 0 Å². The molecule has 0 aliphatic heterocycles. The minimum atomic E-state index is -1.01. The Labute approximate surface area is 136 Å². The van der Waals surface area contributed by atoms with Crippen LogP contribution in [0.2, 0.25) is 0 Å². The summed E-state index contributed by atoms with van der Waals surface area (Å²) < 4.78 is 0. The fourth-order valence-electron chi connectivity index (χ4n) is 2.41. The third-order valence-corrected chi connectivity index (χ3v) is 3.77. The van der Waals surface area contributed by atoms with Crippen LogP contribution < -0.4 is 5.32 Å². The topological polar surface area (TPSA) is 66.4 Å². The maximum atomic E-state index is 12.0. The Balaban J connectivity index is 1.84. The molecule has 2 aromatic carbocycles. The molecule has 23 heavy (non-hydrogen) atoms. The number of benzene rings is 2. The van der Waals surface area contributed by atoms with Gasteiger partial charge in [-0.3, -0.25) is 4.79 Å². The molecule has 0 aromatic heterocycles. The SMILES string of the molecule is CCc1ccc(CCNC(=O)Cc2ccccc2C(=O)O)cc1. The number of nitrogens with one attached hydrogen (secondary N) is 1. The van der Waals surface area contributed by atoms with E-state index in [1.165, 1.54) is 17.2 Å². The number of aromatic carboxylic acids is 1. The second-order valence-electron chi connectivity index (χ2n) is 5.41. The standard InChI is InChI=1S/C19H21NO3/c1-2-14-7-9-15(10-8-14)11-12-20-18(21)13-16-5-3-4-6-17(16)19(22)23/h3-10H,2,11-13H2,1H3,(H,20,21)(H,22,23). The first-order valence-electron chi connectivity index (χ1n) is 7.76. The van der Waals surface area contributed by atoms with Crippen LogP contribution in [-0.2, 0) is 24.1 Å². The van der Waals surface area contributed by atoms with Crippen LogP contribution in [-0.4, -0.2) is 23.5 Å². The van der Waals surface area contributed by atoms with Crippen LogP contribution in [0.25, 0.3) is 0 Å². The molecule has 0 saturated heterocycles. The van der Waals surface area contributed by atoms with Gasteiger partial charge in [0, 0.05) is 6.54 Å². The highest BCUT2D eigenvalue weighted by molar-refractivity contribution is 5.91. The van der Waals surface area contributed by atoms with Crippen molar-refractivity contribution < 1.29 is 14.7 Å². The summed E-state index contributed by atoms with van der Waals surface area (Å²) in [6, 6.07) is 14.9. The van der Waals surface area contributed by atoms with E-state index in [-0.39, 0.29) is 17.9 Å². The van der Waals surface area contributed by atoms with E-state index >= 15 is 0 Å². The summed E-state index contributed by atoms with van der Waals surface area (Å²) in [5.41, 5.74) is 3.18. The lowest BCUT2D eigenvalue weighted by molar-refractivity contribution is -0.120. The Kier molecular flexibility index (Phi) is 5.92. The van der Waals surface area contributed by atoms with Crippen molar-refractivity contribution in [1.29, 1.82) is 0 Å². The van der Waals surface area contributed by atoms with Gasteiger partial charge in [-0.05, 0) is 35.6 Å². The molecule has 0 spiro atoms. The van der Waals surface area contributed by atoms with E-state index < -0.39 is 5.97 Å². The Morgan fingerprint density at radius 2 is 1.65 bits per heavy atom. The van der Waals surface area contributed by atoms with Crippen molar-refractivity contribution >= 4 is 11.9 Å². The zero-order chi connectivity index (χ0) is 16.7. The Morgan fingerprint density at radius 1 is 1.00 bits per heavy atom. The fourth-order valence-corrected chi connectivity index (χ4v) is 2.41. The Morgan fingerprint density at radius 3 is 2.30 bits per heavy atom. The Hall–Kier alpha value is -2.62. The molecular formula is C19H21NO3. The molecule has 4 heteroatoms. The quantitative estimate of drug-likeness (QED) is 0.826. The van der Waals surface area contributed by atoms with Crippen LogP contribution in [0.15, 0.2) is 48.5 Å². The molecule has 4 nitrogen and oxygen atoms in total. The normalized spacial score (nSPS) is 10.3. The number of amides is 1. The first-order chi connectivity index (χ1) is 11.1. The van der Waals surface area contributed by atoms with Crippen LogP contribution in [0.4, 0.5) is 0 Å². The van der Waals surface area contributed by atoms with Gasteiger partial charge >= 0.3 is 5.97 Å². The van der Waals surface area contributed by atoms with Gasteiger partial charge in [0.15, 0.2) is 0 Å². The first-order valence-corrected chi connectivity index (χ1v) is 7.76. The van der Waals surface area contributed by atoms with E-state index in [2.05, 4.69) is 36.5 Å². The minimum Gasteiger partial charge on any atom is -0.478 e. The molecule has 0 aliphatic rings. The highest BCUT2D eigenvalue weighted by atomic mass is 16.4. The predicted octanol–water partition coefficient (Wildman–Crippen LogP) is 2.85.